The first-order valence-corrected chi connectivity index (χ1v) is 6.09. The van der Waals surface area contributed by atoms with E-state index in [0.717, 1.165) is 17.0 Å². The van der Waals surface area contributed by atoms with E-state index >= 15 is 0 Å². The van der Waals surface area contributed by atoms with Gasteiger partial charge in [0.15, 0.2) is 0 Å². The summed E-state index contributed by atoms with van der Waals surface area (Å²) in [5, 5.41) is 12.5. The lowest BCUT2D eigenvalue weighted by atomic mass is 9.88. The van der Waals surface area contributed by atoms with E-state index < -0.39 is 5.41 Å². The molecule has 1 aromatic rings. The molecule has 1 N–H and O–H groups in total. The molecule has 1 aliphatic rings. The van der Waals surface area contributed by atoms with Crippen molar-refractivity contribution in [2.75, 3.05) is 39.3 Å². The standard InChI is InChI=1S/C14H18N2O3/c1-10-4-11(17-2)5-12(18-3)13(10)16-7-14(6-15)8-19-9-14/h4-5,16H,7-9H2,1-3H3. The molecule has 0 bridgehead atoms. The minimum absolute atomic E-state index is 0.419. The first-order valence-electron chi connectivity index (χ1n) is 6.09. The Labute approximate surface area is 113 Å². The molecule has 0 atom stereocenters. The van der Waals surface area contributed by atoms with Gasteiger partial charge in [0, 0.05) is 12.6 Å². The second-order valence-corrected chi connectivity index (χ2v) is 4.76. The van der Waals surface area contributed by atoms with Crippen LogP contribution < -0.4 is 14.8 Å². The molecule has 0 saturated carbocycles. The zero-order valence-electron chi connectivity index (χ0n) is 11.4. The molecule has 1 aliphatic heterocycles. The summed E-state index contributed by atoms with van der Waals surface area (Å²) in [6.45, 7) is 3.48. The molecule has 0 amide bonds. The van der Waals surface area contributed by atoms with E-state index in [-0.39, 0.29) is 0 Å². The molecular weight excluding hydrogens is 244 g/mol. The molecule has 5 nitrogen and oxygen atoms in total. The van der Waals surface area contributed by atoms with E-state index in [1.807, 2.05) is 19.1 Å². The number of benzene rings is 1. The quantitative estimate of drug-likeness (QED) is 0.879. The summed E-state index contributed by atoms with van der Waals surface area (Å²) in [5.74, 6) is 1.46. The van der Waals surface area contributed by atoms with E-state index in [9.17, 15) is 5.26 Å². The zero-order chi connectivity index (χ0) is 13.9. The molecule has 2 rings (SSSR count). The fraction of sp³-hybridized carbons (Fsp3) is 0.500. The van der Waals surface area contributed by atoms with Crippen molar-refractivity contribution in [3.05, 3.63) is 17.7 Å². The Balaban J connectivity index is 2.18. The lowest BCUT2D eigenvalue weighted by Gasteiger charge is -2.35. The van der Waals surface area contributed by atoms with Crippen molar-refractivity contribution in [3.63, 3.8) is 0 Å². The zero-order valence-corrected chi connectivity index (χ0v) is 11.4. The first-order chi connectivity index (χ1) is 9.14. The van der Waals surface area contributed by atoms with E-state index in [0.29, 0.717) is 25.5 Å². The molecule has 1 fully saturated rings. The van der Waals surface area contributed by atoms with Gasteiger partial charge in [0.25, 0.3) is 0 Å². The van der Waals surface area contributed by atoms with Crippen molar-refractivity contribution in [1.29, 1.82) is 5.26 Å². The third-order valence-corrected chi connectivity index (χ3v) is 3.33. The number of hydrogen-bond donors (Lipinski definition) is 1. The van der Waals surface area contributed by atoms with Gasteiger partial charge in [-0.1, -0.05) is 0 Å². The smallest absolute Gasteiger partial charge is 0.145 e. The fourth-order valence-electron chi connectivity index (χ4n) is 2.04. The largest absolute Gasteiger partial charge is 0.497 e. The maximum absolute atomic E-state index is 9.17. The van der Waals surface area contributed by atoms with Gasteiger partial charge in [-0.2, -0.15) is 5.26 Å². The maximum atomic E-state index is 9.17. The van der Waals surface area contributed by atoms with E-state index in [4.69, 9.17) is 14.2 Å². The van der Waals surface area contributed by atoms with Gasteiger partial charge in [-0.25, -0.2) is 0 Å². The molecule has 5 heteroatoms. The van der Waals surface area contributed by atoms with Crippen LogP contribution in [0.2, 0.25) is 0 Å². The molecular formula is C14H18N2O3. The van der Waals surface area contributed by atoms with E-state index in [2.05, 4.69) is 11.4 Å². The van der Waals surface area contributed by atoms with Crippen LogP contribution >= 0.6 is 0 Å². The highest BCUT2D eigenvalue weighted by Gasteiger charge is 2.39. The molecule has 0 spiro atoms. The van der Waals surface area contributed by atoms with Crippen LogP contribution in [0, 0.1) is 23.7 Å². The van der Waals surface area contributed by atoms with Gasteiger partial charge in [0.1, 0.15) is 16.9 Å². The van der Waals surface area contributed by atoms with Gasteiger partial charge in [-0.15, -0.1) is 0 Å². The first kappa shape index (κ1) is 13.5. The summed E-state index contributed by atoms with van der Waals surface area (Å²) in [7, 11) is 3.24. The van der Waals surface area contributed by atoms with Crippen molar-refractivity contribution in [1.82, 2.24) is 0 Å². The van der Waals surface area contributed by atoms with Crippen molar-refractivity contribution in [3.8, 4) is 17.6 Å². The van der Waals surface area contributed by atoms with E-state index in [1.54, 1.807) is 14.2 Å². The number of ether oxygens (including phenoxy) is 3. The van der Waals surface area contributed by atoms with Gasteiger partial charge in [0.05, 0.1) is 39.2 Å². The number of nitrogens with zero attached hydrogens (tertiary/aromatic N) is 1. The Bertz CT molecular complexity index is 504. The Morgan fingerprint density at radius 2 is 2.11 bits per heavy atom. The van der Waals surface area contributed by atoms with Gasteiger partial charge >= 0.3 is 0 Å². The second-order valence-electron chi connectivity index (χ2n) is 4.76. The van der Waals surface area contributed by atoms with Crippen molar-refractivity contribution < 1.29 is 14.2 Å². The topological polar surface area (TPSA) is 63.5 Å². The molecule has 0 radical (unpaired) electrons. The Kier molecular flexibility index (Phi) is 3.82. The number of anilines is 1. The molecule has 1 saturated heterocycles. The normalized spacial score (nSPS) is 16.1. The number of nitriles is 1. The molecule has 0 aromatic heterocycles. The molecule has 1 aromatic carbocycles. The van der Waals surface area contributed by atoms with Gasteiger partial charge in [-0.3, -0.25) is 0 Å². The minimum Gasteiger partial charge on any atom is -0.497 e. The van der Waals surface area contributed by atoms with Crippen LogP contribution in [-0.2, 0) is 4.74 Å². The summed E-state index contributed by atoms with van der Waals surface area (Å²) in [6, 6.07) is 6.07. The summed E-state index contributed by atoms with van der Waals surface area (Å²) < 4.78 is 15.7. The maximum Gasteiger partial charge on any atom is 0.145 e. The molecule has 0 aliphatic carbocycles. The Hall–Kier alpha value is -1.93. The number of rotatable bonds is 5. The number of nitrogens with one attached hydrogen (secondary N) is 1. The summed E-state index contributed by atoms with van der Waals surface area (Å²) in [5.41, 5.74) is 1.49. The number of aryl methyl sites for hydroxylation is 1. The van der Waals surface area contributed by atoms with Crippen LogP contribution in [0.15, 0.2) is 12.1 Å². The van der Waals surface area contributed by atoms with Crippen LogP contribution in [0.25, 0.3) is 0 Å². The van der Waals surface area contributed by atoms with Crippen LogP contribution in [0.4, 0.5) is 5.69 Å². The van der Waals surface area contributed by atoms with Crippen LogP contribution in [0.3, 0.4) is 0 Å². The highest BCUT2D eigenvalue weighted by molar-refractivity contribution is 5.64. The average Bonchev–Trinajstić information content (AvgIpc) is 2.38. The third-order valence-electron chi connectivity index (χ3n) is 3.33. The lowest BCUT2D eigenvalue weighted by molar-refractivity contribution is -0.0690. The average molecular weight is 262 g/mol. The van der Waals surface area contributed by atoms with Gasteiger partial charge < -0.3 is 19.5 Å². The predicted molar refractivity (Wildman–Crippen MR) is 71.6 cm³/mol. The van der Waals surface area contributed by atoms with Gasteiger partial charge in [0.2, 0.25) is 0 Å². The predicted octanol–water partition coefficient (Wildman–Crippen LogP) is 1.96. The second kappa shape index (κ2) is 5.37. The fourth-order valence-corrected chi connectivity index (χ4v) is 2.04. The number of hydrogen-bond acceptors (Lipinski definition) is 5. The molecule has 1 heterocycles. The third kappa shape index (κ3) is 2.59. The van der Waals surface area contributed by atoms with Crippen LogP contribution in [-0.4, -0.2) is 34.0 Å². The van der Waals surface area contributed by atoms with E-state index in [1.165, 1.54) is 0 Å². The molecule has 19 heavy (non-hydrogen) atoms. The SMILES string of the molecule is COc1cc(C)c(NCC2(C#N)COC2)c(OC)c1. The lowest BCUT2D eigenvalue weighted by Crippen LogP contribution is -2.46. The summed E-state index contributed by atoms with van der Waals surface area (Å²) in [4.78, 5) is 0. The van der Waals surface area contributed by atoms with Gasteiger partial charge in [-0.05, 0) is 18.6 Å². The Morgan fingerprint density at radius 1 is 1.37 bits per heavy atom. The van der Waals surface area contributed by atoms with Crippen LogP contribution in [0.5, 0.6) is 11.5 Å². The van der Waals surface area contributed by atoms with Crippen molar-refractivity contribution in [2.24, 2.45) is 5.41 Å². The Morgan fingerprint density at radius 3 is 2.58 bits per heavy atom. The summed E-state index contributed by atoms with van der Waals surface area (Å²) in [6.07, 6.45) is 0. The monoisotopic (exact) mass is 262 g/mol. The van der Waals surface area contributed by atoms with Crippen LogP contribution in [0.1, 0.15) is 5.56 Å². The highest BCUT2D eigenvalue weighted by Crippen LogP contribution is 2.35. The minimum atomic E-state index is -0.419. The summed E-state index contributed by atoms with van der Waals surface area (Å²) >= 11 is 0. The highest BCUT2D eigenvalue weighted by atomic mass is 16.5. The number of methoxy groups -OCH3 is 2. The molecule has 0 unspecified atom stereocenters. The van der Waals surface area contributed by atoms with Crippen molar-refractivity contribution in [2.45, 2.75) is 6.92 Å². The molecule has 102 valence electrons. The van der Waals surface area contributed by atoms with Crippen molar-refractivity contribution >= 4 is 5.69 Å².